The maximum absolute atomic E-state index is 15.8. The molecule has 0 aromatic carbocycles. The second-order valence-corrected chi connectivity index (χ2v) is 12.9. The van der Waals surface area contributed by atoms with Gasteiger partial charge < -0.3 is 20.1 Å². The van der Waals surface area contributed by atoms with Crippen LogP contribution in [0.15, 0.2) is 23.5 Å². The van der Waals surface area contributed by atoms with E-state index in [9.17, 15) is 19.7 Å². The Morgan fingerprint density at radius 2 is 1.73 bits per heavy atom. The number of aliphatic hydroxyl groups is 3. The van der Waals surface area contributed by atoms with Crippen molar-refractivity contribution in [3.8, 4) is 5.88 Å². The first-order chi connectivity index (χ1) is 17.5. The van der Waals surface area contributed by atoms with E-state index in [0.717, 1.165) is 44.1 Å². The molecule has 7 heteroatoms. The van der Waals surface area contributed by atoms with Gasteiger partial charge in [0, 0.05) is 12.0 Å². The highest BCUT2D eigenvalue weighted by Crippen LogP contribution is 2.68. The lowest BCUT2D eigenvalue weighted by atomic mass is 9.47. The molecule has 0 amide bonds. The molecule has 1 aromatic rings. The SMILES string of the molecule is COc1nc(F)ccc1C(O)CC[C@@H](C)[C@H]1CC[C@H]2C3=C(F)C[C@H]4[C@@H](O)[C@@H](O)CC[C@]4(C)[C@H]3CC[C@]12C. The van der Waals surface area contributed by atoms with Gasteiger partial charge in [0.1, 0.15) is 5.83 Å². The van der Waals surface area contributed by atoms with Crippen LogP contribution in [0.3, 0.4) is 0 Å². The fraction of sp³-hybridized carbons (Fsp3) is 0.767. The zero-order valence-electron chi connectivity index (χ0n) is 22.6. The molecule has 1 aromatic heterocycles. The summed E-state index contributed by atoms with van der Waals surface area (Å²) in [5, 5.41) is 31.9. The third-order valence-electron chi connectivity index (χ3n) is 11.3. The highest BCUT2D eigenvalue weighted by Gasteiger charge is 2.61. The highest BCUT2D eigenvalue weighted by atomic mass is 19.1. The largest absolute Gasteiger partial charge is 0.481 e. The summed E-state index contributed by atoms with van der Waals surface area (Å²) in [6.45, 7) is 6.82. The predicted octanol–water partition coefficient (Wildman–Crippen LogP) is 5.89. The van der Waals surface area contributed by atoms with Gasteiger partial charge >= 0.3 is 0 Å². The molecule has 3 saturated carbocycles. The topological polar surface area (TPSA) is 82.8 Å². The number of hydrogen-bond acceptors (Lipinski definition) is 5. The van der Waals surface area contributed by atoms with E-state index in [1.807, 2.05) is 0 Å². The molecule has 3 N–H and O–H groups in total. The van der Waals surface area contributed by atoms with Gasteiger partial charge in [0.05, 0.1) is 25.4 Å². The Hall–Kier alpha value is -1.57. The lowest BCUT2D eigenvalue weighted by molar-refractivity contribution is -0.128. The number of allylic oxidation sites excluding steroid dienone is 2. The van der Waals surface area contributed by atoms with Gasteiger partial charge in [0.25, 0.3) is 0 Å². The minimum atomic E-state index is -0.850. The Labute approximate surface area is 219 Å². The van der Waals surface area contributed by atoms with Gasteiger partial charge in [-0.25, -0.2) is 4.39 Å². The molecule has 4 aliphatic carbocycles. The monoisotopic (exact) mass is 519 g/mol. The first-order valence-corrected chi connectivity index (χ1v) is 14.1. The molecule has 3 fully saturated rings. The molecule has 0 saturated heterocycles. The molecule has 0 spiro atoms. The molecule has 0 aliphatic heterocycles. The van der Waals surface area contributed by atoms with Crippen molar-refractivity contribution < 1.29 is 28.8 Å². The number of rotatable bonds is 6. The third kappa shape index (κ3) is 4.33. The molecule has 0 radical (unpaired) electrons. The molecule has 10 atom stereocenters. The third-order valence-corrected chi connectivity index (χ3v) is 11.3. The van der Waals surface area contributed by atoms with Crippen molar-refractivity contribution in [1.82, 2.24) is 4.98 Å². The number of nitrogens with zero attached hydrogens (tertiary/aromatic N) is 1. The van der Waals surface area contributed by atoms with Crippen LogP contribution in [0.4, 0.5) is 8.78 Å². The standard InChI is InChI=1S/C30H43F2NO4/c1-16(5-9-23(34)17-6-10-25(32)33-28(17)37-4)18-7-8-19-26-20(11-13-29(18,19)2)30(3)14-12-24(35)27(36)21(30)15-22(26)31/h6,10,16,18-21,23-24,27,34-36H,5,7-9,11-15H2,1-4H3/t16-,18-,19+,20+,21+,23?,24+,27-,29-,30-/m1/s1. The highest BCUT2D eigenvalue weighted by molar-refractivity contribution is 5.31. The molecule has 5 nitrogen and oxygen atoms in total. The van der Waals surface area contributed by atoms with E-state index in [4.69, 9.17) is 4.74 Å². The summed E-state index contributed by atoms with van der Waals surface area (Å²) in [6.07, 6.45) is 4.60. The van der Waals surface area contributed by atoms with Crippen LogP contribution in [-0.4, -0.2) is 39.6 Å². The van der Waals surface area contributed by atoms with E-state index in [-0.39, 0.29) is 46.7 Å². The zero-order valence-corrected chi connectivity index (χ0v) is 22.6. The van der Waals surface area contributed by atoms with Crippen molar-refractivity contribution in [1.29, 1.82) is 0 Å². The number of fused-ring (bicyclic) bond motifs is 5. The van der Waals surface area contributed by atoms with Crippen LogP contribution < -0.4 is 4.74 Å². The van der Waals surface area contributed by atoms with Crippen LogP contribution in [0, 0.1) is 46.4 Å². The van der Waals surface area contributed by atoms with E-state index in [1.54, 1.807) is 0 Å². The molecule has 1 unspecified atom stereocenters. The van der Waals surface area contributed by atoms with Gasteiger partial charge in [-0.2, -0.15) is 9.37 Å². The van der Waals surface area contributed by atoms with Gasteiger partial charge in [0.2, 0.25) is 11.8 Å². The summed E-state index contributed by atoms with van der Waals surface area (Å²) >= 11 is 0. The van der Waals surface area contributed by atoms with Crippen LogP contribution in [0.2, 0.25) is 0 Å². The molecule has 1 heterocycles. The fourth-order valence-corrected chi connectivity index (χ4v) is 9.18. The zero-order chi connectivity index (χ0) is 26.7. The second-order valence-electron chi connectivity index (χ2n) is 12.9. The summed E-state index contributed by atoms with van der Waals surface area (Å²) in [6, 6.07) is 2.78. The van der Waals surface area contributed by atoms with Crippen molar-refractivity contribution in [3.05, 3.63) is 35.0 Å². The number of methoxy groups -OCH3 is 1. The van der Waals surface area contributed by atoms with Crippen molar-refractivity contribution in [2.45, 2.75) is 96.9 Å². The van der Waals surface area contributed by atoms with Gasteiger partial charge in [-0.05, 0) is 109 Å². The summed E-state index contributed by atoms with van der Waals surface area (Å²) in [4.78, 5) is 3.75. The van der Waals surface area contributed by atoms with Crippen LogP contribution in [0.5, 0.6) is 5.88 Å². The van der Waals surface area contributed by atoms with Gasteiger partial charge in [-0.3, -0.25) is 0 Å². The number of halogens is 2. The molecular formula is C30H43F2NO4. The first-order valence-electron chi connectivity index (χ1n) is 14.1. The minimum Gasteiger partial charge on any atom is -0.481 e. The smallest absolute Gasteiger partial charge is 0.221 e. The lowest BCUT2D eigenvalue weighted by Gasteiger charge is -2.59. The summed E-state index contributed by atoms with van der Waals surface area (Å²) in [5.74, 6) is 0.378. The van der Waals surface area contributed by atoms with Gasteiger partial charge in [-0.15, -0.1) is 0 Å². The maximum Gasteiger partial charge on any atom is 0.221 e. The van der Waals surface area contributed by atoms with E-state index < -0.39 is 24.3 Å². The van der Waals surface area contributed by atoms with Gasteiger partial charge in [-0.1, -0.05) is 20.8 Å². The number of pyridine rings is 1. The fourth-order valence-electron chi connectivity index (χ4n) is 9.18. The molecule has 206 valence electrons. The lowest BCUT2D eigenvalue weighted by Crippen LogP contribution is -2.55. The second kappa shape index (κ2) is 9.87. The van der Waals surface area contributed by atoms with Crippen LogP contribution in [0.1, 0.15) is 90.2 Å². The summed E-state index contributed by atoms with van der Waals surface area (Å²) in [7, 11) is 1.42. The molecule has 5 rings (SSSR count). The number of ether oxygens (including phenoxy) is 1. The van der Waals surface area contributed by atoms with E-state index in [1.165, 1.54) is 19.2 Å². The van der Waals surface area contributed by atoms with Crippen LogP contribution >= 0.6 is 0 Å². The number of aromatic nitrogens is 1. The molecule has 0 bridgehead atoms. The van der Waals surface area contributed by atoms with Crippen molar-refractivity contribution in [2.24, 2.45) is 40.4 Å². The van der Waals surface area contributed by atoms with E-state index in [2.05, 4.69) is 25.8 Å². The predicted molar refractivity (Wildman–Crippen MR) is 137 cm³/mol. The number of aliphatic hydroxyl groups excluding tert-OH is 3. The minimum absolute atomic E-state index is 0.0126. The van der Waals surface area contributed by atoms with Crippen molar-refractivity contribution in [2.75, 3.05) is 7.11 Å². The quantitative estimate of drug-likeness (QED) is 0.409. The van der Waals surface area contributed by atoms with Crippen LogP contribution in [0.25, 0.3) is 0 Å². The Morgan fingerprint density at radius 1 is 1.03 bits per heavy atom. The first kappa shape index (κ1) is 27.0. The van der Waals surface area contributed by atoms with Crippen molar-refractivity contribution >= 4 is 0 Å². The Balaban J connectivity index is 1.32. The molecular weight excluding hydrogens is 476 g/mol. The average Bonchev–Trinajstić information content (AvgIpc) is 3.23. The number of hydrogen-bond donors (Lipinski definition) is 3. The van der Waals surface area contributed by atoms with Gasteiger partial charge in [0.15, 0.2) is 0 Å². The van der Waals surface area contributed by atoms with Crippen molar-refractivity contribution in [3.63, 3.8) is 0 Å². The maximum atomic E-state index is 15.8. The summed E-state index contributed by atoms with van der Waals surface area (Å²) in [5.41, 5.74) is 1.37. The Morgan fingerprint density at radius 3 is 2.46 bits per heavy atom. The van der Waals surface area contributed by atoms with Crippen LogP contribution in [-0.2, 0) is 0 Å². The van der Waals surface area contributed by atoms with E-state index >= 15 is 4.39 Å². The average molecular weight is 520 g/mol. The normalized spacial score (nSPS) is 41.0. The molecule has 37 heavy (non-hydrogen) atoms. The Bertz CT molecular complexity index is 1050. The van der Waals surface area contributed by atoms with E-state index in [0.29, 0.717) is 30.2 Å². The summed E-state index contributed by atoms with van der Waals surface area (Å²) < 4.78 is 34.5. The Kier molecular flexibility index (Phi) is 7.21. The molecule has 4 aliphatic rings.